The number of aromatic nitrogens is 2. The van der Waals surface area contributed by atoms with Crippen LogP contribution in [0.2, 0.25) is 0 Å². The molecule has 1 aliphatic heterocycles. The lowest BCUT2D eigenvalue weighted by molar-refractivity contribution is -0.133. The van der Waals surface area contributed by atoms with Gasteiger partial charge in [0, 0.05) is 32.1 Å². The summed E-state index contributed by atoms with van der Waals surface area (Å²) in [4.78, 5) is 22.2. The lowest BCUT2D eigenvalue weighted by Gasteiger charge is -2.36. The van der Waals surface area contributed by atoms with Gasteiger partial charge in [-0.3, -0.25) is 9.69 Å². The van der Waals surface area contributed by atoms with E-state index in [1.54, 1.807) is 0 Å². The first kappa shape index (κ1) is 20.3. The number of carbonyl (C=O) groups excluding carboxylic acids is 1. The van der Waals surface area contributed by atoms with Crippen molar-refractivity contribution < 1.29 is 9.32 Å². The predicted octanol–water partition coefficient (Wildman–Crippen LogP) is 3.67. The Kier molecular flexibility index (Phi) is 6.23. The van der Waals surface area contributed by atoms with E-state index in [0.717, 1.165) is 30.0 Å². The van der Waals surface area contributed by atoms with Gasteiger partial charge < -0.3 is 9.42 Å². The number of benzene rings is 2. The Bertz CT molecular complexity index is 908. The van der Waals surface area contributed by atoms with Gasteiger partial charge in [0.2, 0.25) is 11.8 Å². The Hall–Kier alpha value is -2.99. The first-order valence-electron chi connectivity index (χ1n) is 10.6. The van der Waals surface area contributed by atoms with E-state index in [1.165, 1.54) is 0 Å². The molecule has 3 aromatic rings. The number of carbonyl (C=O) groups is 1. The molecular weight excluding hydrogens is 376 g/mol. The quantitative estimate of drug-likeness (QED) is 0.627. The molecule has 6 nitrogen and oxygen atoms in total. The highest BCUT2D eigenvalue weighted by molar-refractivity contribution is 5.87. The van der Waals surface area contributed by atoms with Crippen LogP contribution in [0.15, 0.2) is 65.2 Å². The third-order valence-electron chi connectivity index (χ3n) is 5.56. The maximum Gasteiger partial charge on any atom is 0.240 e. The van der Waals surface area contributed by atoms with Crippen LogP contribution in [-0.4, -0.2) is 52.0 Å². The smallest absolute Gasteiger partial charge is 0.240 e. The Morgan fingerprint density at radius 3 is 2.00 bits per heavy atom. The molecule has 1 saturated heterocycles. The summed E-state index contributed by atoms with van der Waals surface area (Å²) in [6, 6.07) is 20.1. The molecule has 1 aliphatic rings. The van der Waals surface area contributed by atoms with E-state index >= 15 is 0 Å². The second-order valence-electron chi connectivity index (χ2n) is 8.06. The van der Waals surface area contributed by atoms with Crippen LogP contribution >= 0.6 is 0 Å². The van der Waals surface area contributed by atoms with Gasteiger partial charge in [-0.1, -0.05) is 79.7 Å². The maximum absolute atomic E-state index is 13.5. The lowest BCUT2D eigenvalue weighted by atomic mass is 9.90. The van der Waals surface area contributed by atoms with Gasteiger partial charge in [-0.05, 0) is 11.1 Å². The number of piperazine rings is 1. The van der Waals surface area contributed by atoms with E-state index in [4.69, 9.17) is 4.52 Å². The molecule has 30 heavy (non-hydrogen) atoms. The topological polar surface area (TPSA) is 62.5 Å². The highest BCUT2D eigenvalue weighted by Gasteiger charge is 2.30. The predicted molar refractivity (Wildman–Crippen MR) is 115 cm³/mol. The number of hydrogen-bond donors (Lipinski definition) is 0. The third kappa shape index (κ3) is 4.60. The summed E-state index contributed by atoms with van der Waals surface area (Å²) in [7, 11) is 0. The monoisotopic (exact) mass is 404 g/mol. The molecule has 0 radical (unpaired) electrons. The van der Waals surface area contributed by atoms with Crippen molar-refractivity contribution in [3.8, 4) is 0 Å². The number of amides is 1. The number of hydrogen-bond acceptors (Lipinski definition) is 5. The normalized spacial score (nSPS) is 15.1. The van der Waals surface area contributed by atoms with Gasteiger partial charge in [0.05, 0.1) is 12.5 Å². The van der Waals surface area contributed by atoms with Crippen LogP contribution in [0.3, 0.4) is 0 Å². The molecule has 0 N–H and O–H groups in total. The average Bonchev–Trinajstić information content (AvgIpc) is 3.25. The molecule has 0 spiro atoms. The van der Waals surface area contributed by atoms with Crippen LogP contribution in [0, 0.1) is 0 Å². The van der Waals surface area contributed by atoms with E-state index < -0.39 is 0 Å². The number of nitrogens with zero attached hydrogens (tertiary/aromatic N) is 4. The Morgan fingerprint density at radius 1 is 0.933 bits per heavy atom. The fourth-order valence-corrected chi connectivity index (χ4v) is 3.84. The molecule has 1 amide bonds. The van der Waals surface area contributed by atoms with Crippen molar-refractivity contribution in [3.05, 3.63) is 83.5 Å². The second-order valence-corrected chi connectivity index (χ2v) is 8.06. The highest BCUT2D eigenvalue weighted by atomic mass is 16.5. The fourth-order valence-electron chi connectivity index (χ4n) is 3.84. The SMILES string of the molecule is CC(C)c1noc(CN2CCN(C(=O)C(c3ccccc3)c3ccccc3)CC2)n1. The summed E-state index contributed by atoms with van der Waals surface area (Å²) >= 11 is 0. The molecule has 6 heteroatoms. The van der Waals surface area contributed by atoms with Gasteiger partial charge in [-0.15, -0.1) is 0 Å². The van der Waals surface area contributed by atoms with E-state index in [-0.39, 0.29) is 17.7 Å². The zero-order chi connectivity index (χ0) is 20.9. The molecule has 0 atom stereocenters. The Morgan fingerprint density at radius 2 is 1.50 bits per heavy atom. The molecular formula is C24H28N4O2. The molecule has 0 saturated carbocycles. The van der Waals surface area contributed by atoms with Crippen molar-refractivity contribution in [2.75, 3.05) is 26.2 Å². The zero-order valence-corrected chi connectivity index (χ0v) is 17.6. The molecule has 156 valence electrons. The molecule has 1 aromatic heterocycles. The number of rotatable bonds is 6. The van der Waals surface area contributed by atoms with Crippen LogP contribution in [0.25, 0.3) is 0 Å². The molecule has 4 rings (SSSR count). The van der Waals surface area contributed by atoms with E-state index in [2.05, 4.69) is 28.9 Å². The van der Waals surface area contributed by atoms with Gasteiger partial charge in [0.15, 0.2) is 5.82 Å². The molecule has 1 fully saturated rings. The Balaban J connectivity index is 1.43. The van der Waals surface area contributed by atoms with Crippen LogP contribution in [0.5, 0.6) is 0 Å². The van der Waals surface area contributed by atoms with Crippen molar-refractivity contribution in [3.63, 3.8) is 0 Å². The lowest BCUT2D eigenvalue weighted by Crippen LogP contribution is -2.49. The van der Waals surface area contributed by atoms with Gasteiger partial charge in [-0.2, -0.15) is 4.98 Å². The van der Waals surface area contributed by atoms with E-state index in [1.807, 2.05) is 65.6 Å². The average molecular weight is 405 g/mol. The fraction of sp³-hybridized carbons (Fsp3) is 0.375. The van der Waals surface area contributed by atoms with Crippen molar-refractivity contribution in [1.29, 1.82) is 0 Å². The zero-order valence-electron chi connectivity index (χ0n) is 17.6. The standard InChI is InChI=1S/C24H28N4O2/c1-18(2)23-25-21(30-26-23)17-27-13-15-28(16-14-27)24(29)22(19-9-5-3-6-10-19)20-11-7-4-8-12-20/h3-12,18,22H,13-17H2,1-2H3. The second kappa shape index (κ2) is 9.22. The van der Waals surface area contributed by atoms with Crippen LogP contribution < -0.4 is 0 Å². The molecule has 0 aliphatic carbocycles. The minimum absolute atomic E-state index is 0.159. The third-order valence-corrected chi connectivity index (χ3v) is 5.56. The summed E-state index contributed by atoms with van der Waals surface area (Å²) in [5, 5.41) is 4.04. The first-order chi connectivity index (χ1) is 14.6. The summed E-state index contributed by atoms with van der Waals surface area (Å²) in [6.45, 7) is 7.70. The maximum atomic E-state index is 13.5. The van der Waals surface area contributed by atoms with Crippen molar-refractivity contribution in [2.45, 2.75) is 32.2 Å². The van der Waals surface area contributed by atoms with Gasteiger partial charge >= 0.3 is 0 Å². The van der Waals surface area contributed by atoms with Gasteiger partial charge in [0.1, 0.15) is 0 Å². The summed E-state index contributed by atoms with van der Waals surface area (Å²) < 4.78 is 5.37. The molecule has 0 bridgehead atoms. The minimum atomic E-state index is -0.275. The van der Waals surface area contributed by atoms with Crippen molar-refractivity contribution in [2.24, 2.45) is 0 Å². The molecule has 0 unspecified atom stereocenters. The summed E-state index contributed by atoms with van der Waals surface area (Å²) in [5.41, 5.74) is 2.06. The largest absolute Gasteiger partial charge is 0.339 e. The van der Waals surface area contributed by atoms with E-state index in [0.29, 0.717) is 25.5 Å². The van der Waals surface area contributed by atoms with Crippen LogP contribution in [-0.2, 0) is 11.3 Å². The van der Waals surface area contributed by atoms with Gasteiger partial charge in [0.25, 0.3) is 0 Å². The van der Waals surface area contributed by atoms with Crippen molar-refractivity contribution >= 4 is 5.91 Å². The van der Waals surface area contributed by atoms with E-state index in [9.17, 15) is 4.79 Å². The highest BCUT2D eigenvalue weighted by Crippen LogP contribution is 2.27. The Labute approximate surface area is 177 Å². The molecule has 2 aromatic carbocycles. The minimum Gasteiger partial charge on any atom is -0.339 e. The summed E-state index contributed by atoms with van der Waals surface area (Å²) in [5.74, 6) is 1.53. The van der Waals surface area contributed by atoms with Crippen LogP contribution in [0.1, 0.15) is 48.5 Å². The van der Waals surface area contributed by atoms with Crippen molar-refractivity contribution in [1.82, 2.24) is 19.9 Å². The van der Waals surface area contributed by atoms with Crippen LogP contribution in [0.4, 0.5) is 0 Å². The molecule has 2 heterocycles. The summed E-state index contributed by atoms with van der Waals surface area (Å²) in [6.07, 6.45) is 0. The first-order valence-corrected chi connectivity index (χ1v) is 10.6. The van der Waals surface area contributed by atoms with Gasteiger partial charge in [-0.25, -0.2) is 0 Å².